The van der Waals surface area contributed by atoms with E-state index in [9.17, 15) is 5.11 Å². The Hall–Kier alpha value is -1.52. The van der Waals surface area contributed by atoms with Crippen molar-refractivity contribution in [3.8, 4) is 5.75 Å². The monoisotopic (exact) mass is 464 g/mol. The first-order valence-corrected chi connectivity index (χ1v) is 11.4. The summed E-state index contributed by atoms with van der Waals surface area (Å²) in [6, 6.07) is 16.5. The molecule has 2 N–H and O–H groups in total. The number of halogens is 1. The molecule has 2 fully saturated rings. The van der Waals surface area contributed by atoms with Crippen LogP contribution in [0.3, 0.4) is 0 Å². The summed E-state index contributed by atoms with van der Waals surface area (Å²) in [4.78, 5) is 2.27. The molecule has 2 unspecified atom stereocenters. The van der Waals surface area contributed by atoms with Crippen LogP contribution >= 0.6 is 15.9 Å². The molecule has 3 nitrogen and oxygen atoms in total. The molecule has 1 saturated heterocycles. The Morgan fingerprint density at radius 3 is 2.00 bits per heavy atom. The maximum absolute atomic E-state index is 9.54. The van der Waals surface area contributed by atoms with E-state index < -0.39 is 0 Å². The van der Waals surface area contributed by atoms with Crippen molar-refractivity contribution in [2.24, 2.45) is 5.92 Å². The predicted molar refractivity (Wildman–Crippen MR) is 133 cm³/mol. The van der Waals surface area contributed by atoms with Crippen molar-refractivity contribution >= 4 is 21.6 Å². The van der Waals surface area contributed by atoms with E-state index in [1.165, 1.54) is 12.0 Å². The van der Waals surface area contributed by atoms with E-state index in [0.29, 0.717) is 5.75 Å². The summed E-state index contributed by atoms with van der Waals surface area (Å²) in [5.74, 6) is 2.12. The number of hydrogen-bond acceptors (Lipinski definition) is 3. The number of hydrogen-bond donors (Lipinski definition) is 2. The van der Waals surface area contributed by atoms with Gasteiger partial charge >= 0.3 is 0 Å². The first-order chi connectivity index (χ1) is 13.6. The molecular formula is C25H41BrN2O. The molecule has 0 bridgehead atoms. The van der Waals surface area contributed by atoms with E-state index >= 15 is 0 Å². The third kappa shape index (κ3) is 9.22. The van der Waals surface area contributed by atoms with Crippen LogP contribution in [0.5, 0.6) is 5.75 Å². The van der Waals surface area contributed by atoms with Crippen molar-refractivity contribution in [3.05, 3.63) is 58.6 Å². The molecule has 4 heteroatoms. The minimum absolute atomic E-state index is 0. The summed E-state index contributed by atoms with van der Waals surface area (Å²) in [5, 5.41) is 12.8. The van der Waals surface area contributed by atoms with Gasteiger partial charge in [0.05, 0.1) is 4.47 Å². The van der Waals surface area contributed by atoms with Crippen LogP contribution in [-0.2, 0) is 0 Å². The first kappa shape index (κ1) is 27.5. The summed E-state index contributed by atoms with van der Waals surface area (Å²) in [5.41, 5.74) is 2.61. The van der Waals surface area contributed by atoms with Gasteiger partial charge in [0.1, 0.15) is 5.75 Å². The van der Waals surface area contributed by atoms with Crippen LogP contribution in [0.1, 0.15) is 59.9 Å². The van der Waals surface area contributed by atoms with Gasteiger partial charge in [0.15, 0.2) is 0 Å². The Kier molecular flexibility index (Phi) is 14.5. The first-order valence-electron chi connectivity index (χ1n) is 10.6. The third-order valence-electron chi connectivity index (χ3n) is 4.75. The number of piperazine rings is 1. The lowest BCUT2D eigenvalue weighted by Crippen LogP contribution is -2.43. The summed E-state index contributed by atoms with van der Waals surface area (Å²) < 4.78 is 0.747. The highest BCUT2D eigenvalue weighted by atomic mass is 79.9. The standard InChI is InChI=1S/C10H13BrN2O.C10H12.2C2H6.CH4/c11-9-2-1-8(7-10(9)14)13-5-3-12-4-6-13;1-8-7-10(8)9-5-3-2-4-6-9;2*1-2;/h1-2,7,12,14H,3-6H2;2-6,8,10H,7H2,1H3;2*1-2H3;1H4. The molecule has 164 valence electrons. The average Bonchev–Trinajstić information content (AvgIpc) is 3.51. The fourth-order valence-corrected chi connectivity index (χ4v) is 3.35. The molecule has 0 spiro atoms. The van der Waals surface area contributed by atoms with Crippen molar-refractivity contribution in [1.29, 1.82) is 0 Å². The zero-order valence-electron chi connectivity index (χ0n) is 18.1. The lowest BCUT2D eigenvalue weighted by atomic mass is 10.1. The van der Waals surface area contributed by atoms with Crippen LogP contribution in [-0.4, -0.2) is 31.3 Å². The highest BCUT2D eigenvalue weighted by Gasteiger charge is 2.33. The minimum atomic E-state index is 0. The van der Waals surface area contributed by atoms with E-state index in [0.717, 1.165) is 48.2 Å². The molecular weight excluding hydrogens is 424 g/mol. The van der Waals surface area contributed by atoms with Crippen LogP contribution in [0.4, 0.5) is 5.69 Å². The number of phenolic OH excluding ortho intramolecular Hbond substituents is 1. The Balaban J connectivity index is 0.000000463. The highest BCUT2D eigenvalue weighted by molar-refractivity contribution is 9.10. The molecule has 2 aromatic rings. The Labute approximate surface area is 187 Å². The molecule has 0 amide bonds. The predicted octanol–water partition coefficient (Wildman–Crippen LogP) is 7.06. The number of nitrogens with one attached hydrogen (secondary N) is 1. The second-order valence-electron chi connectivity index (χ2n) is 6.60. The van der Waals surface area contributed by atoms with Gasteiger partial charge < -0.3 is 15.3 Å². The molecule has 1 saturated carbocycles. The minimum Gasteiger partial charge on any atom is -0.507 e. The number of rotatable bonds is 2. The fourth-order valence-electron chi connectivity index (χ4n) is 3.11. The summed E-state index contributed by atoms with van der Waals surface area (Å²) in [6.07, 6.45) is 1.39. The third-order valence-corrected chi connectivity index (χ3v) is 5.42. The van der Waals surface area contributed by atoms with Crippen molar-refractivity contribution in [3.63, 3.8) is 0 Å². The van der Waals surface area contributed by atoms with Crippen LogP contribution in [0.2, 0.25) is 0 Å². The SMILES string of the molecule is C.CC.CC.CC1CC1c1ccccc1.Oc1cc(N2CCNCC2)ccc1Br. The van der Waals surface area contributed by atoms with Gasteiger partial charge in [0.2, 0.25) is 0 Å². The van der Waals surface area contributed by atoms with Gasteiger partial charge in [-0.15, -0.1) is 0 Å². The molecule has 1 aliphatic carbocycles. The van der Waals surface area contributed by atoms with Crippen LogP contribution in [0, 0.1) is 5.92 Å². The molecule has 2 aromatic carbocycles. The van der Waals surface area contributed by atoms with Crippen molar-refractivity contribution in [1.82, 2.24) is 5.32 Å². The number of nitrogens with zero attached hydrogens (tertiary/aromatic N) is 1. The second-order valence-corrected chi connectivity index (χ2v) is 7.46. The molecule has 29 heavy (non-hydrogen) atoms. The van der Waals surface area contributed by atoms with Gasteiger partial charge in [-0.2, -0.15) is 0 Å². The molecule has 0 aromatic heterocycles. The van der Waals surface area contributed by atoms with Crippen molar-refractivity contribution < 1.29 is 5.11 Å². The van der Waals surface area contributed by atoms with Crippen molar-refractivity contribution in [2.75, 3.05) is 31.1 Å². The average molecular weight is 466 g/mol. The summed E-state index contributed by atoms with van der Waals surface area (Å²) in [7, 11) is 0. The smallest absolute Gasteiger partial charge is 0.131 e. The molecule has 1 aliphatic heterocycles. The lowest BCUT2D eigenvalue weighted by Gasteiger charge is -2.29. The van der Waals surface area contributed by atoms with E-state index in [4.69, 9.17) is 0 Å². The van der Waals surface area contributed by atoms with E-state index in [1.807, 2.05) is 39.8 Å². The van der Waals surface area contributed by atoms with Gasteiger partial charge in [-0.1, -0.05) is 72.4 Å². The maximum Gasteiger partial charge on any atom is 0.131 e. The van der Waals surface area contributed by atoms with Crippen LogP contribution < -0.4 is 10.2 Å². The molecule has 4 rings (SSSR count). The van der Waals surface area contributed by atoms with E-state index in [2.05, 4.69) is 63.4 Å². The quantitative estimate of drug-likeness (QED) is 0.498. The van der Waals surface area contributed by atoms with E-state index in [1.54, 1.807) is 6.07 Å². The van der Waals surface area contributed by atoms with Gasteiger partial charge in [-0.05, 0) is 51.9 Å². The molecule has 0 radical (unpaired) electrons. The number of benzene rings is 2. The van der Waals surface area contributed by atoms with Crippen LogP contribution in [0.25, 0.3) is 0 Å². The number of anilines is 1. The van der Waals surface area contributed by atoms with Crippen LogP contribution in [0.15, 0.2) is 53.0 Å². The highest BCUT2D eigenvalue weighted by Crippen LogP contribution is 2.46. The van der Waals surface area contributed by atoms with Gasteiger partial charge in [-0.3, -0.25) is 0 Å². The zero-order chi connectivity index (χ0) is 20.9. The normalized spacial score (nSPS) is 19.0. The molecule has 1 heterocycles. The Morgan fingerprint density at radius 2 is 1.52 bits per heavy atom. The van der Waals surface area contributed by atoms with Gasteiger partial charge in [0, 0.05) is 37.9 Å². The molecule has 2 atom stereocenters. The van der Waals surface area contributed by atoms with Gasteiger partial charge in [-0.25, -0.2) is 0 Å². The number of aromatic hydroxyl groups is 1. The largest absolute Gasteiger partial charge is 0.507 e. The lowest BCUT2D eigenvalue weighted by molar-refractivity contribution is 0.471. The summed E-state index contributed by atoms with van der Waals surface area (Å²) in [6.45, 7) is 14.3. The van der Waals surface area contributed by atoms with Gasteiger partial charge in [0.25, 0.3) is 0 Å². The topological polar surface area (TPSA) is 35.5 Å². The Morgan fingerprint density at radius 1 is 0.966 bits per heavy atom. The fraction of sp³-hybridized carbons (Fsp3) is 0.520. The molecule has 2 aliphatic rings. The summed E-state index contributed by atoms with van der Waals surface area (Å²) >= 11 is 3.27. The Bertz CT molecular complexity index is 657. The zero-order valence-corrected chi connectivity index (χ0v) is 19.7. The van der Waals surface area contributed by atoms with E-state index in [-0.39, 0.29) is 7.43 Å². The second kappa shape index (κ2) is 15.3. The maximum atomic E-state index is 9.54. The van der Waals surface area contributed by atoms with Crippen molar-refractivity contribution in [2.45, 2.75) is 54.4 Å². The number of phenols is 1.